The lowest BCUT2D eigenvalue weighted by Gasteiger charge is -2.30. The molecule has 4 aliphatic rings. The highest BCUT2D eigenvalue weighted by molar-refractivity contribution is 7.87. The smallest absolute Gasteiger partial charge is 0.408 e. The van der Waals surface area contributed by atoms with Gasteiger partial charge in [0, 0.05) is 33.0 Å². The topological polar surface area (TPSA) is 169 Å². The van der Waals surface area contributed by atoms with E-state index >= 15 is 0 Å². The standard InChI is InChI=1S/C36H50N6O8S/c1-35(2,3)50-34(46)38-27-15-10-8-6-7-9-13-23-20-36(23,32(45)39-51(47,48)40(4)5)21-30(43)29-19-25(22-41(29)31(27)44)49-33-37-26-14-11-12-16-28(26)42(33)24-17-18-24/h9,11-14,16,23-25,27,29H,6-8,10,15,17-22H2,1-5H3,(H,38,46)(H,39,45)/b13-9-/t23-,25-,27+,29+,36-/m1/s1. The Morgan fingerprint density at radius 1 is 1.06 bits per heavy atom. The lowest BCUT2D eigenvalue weighted by atomic mass is 9.91. The molecule has 0 unspecified atom stereocenters. The zero-order valence-electron chi connectivity index (χ0n) is 30.1. The first-order valence-corrected chi connectivity index (χ1v) is 19.4. The van der Waals surface area contributed by atoms with E-state index in [1.807, 2.05) is 36.4 Å². The number of hydrogen-bond donors (Lipinski definition) is 2. The van der Waals surface area contributed by atoms with Gasteiger partial charge in [-0.1, -0.05) is 37.1 Å². The number of allylic oxidation sites excluding steroid dienone is 2. The summed E-state index contributed by atoms with van der Waals surface area (Å²) in [6, 6.07) is 6.51. The Morgan fingerprint density at radius 2 is 1.80 bits per heavy atom. The summed E-state index contributed by atoms with van der Waals surface area (Å²) in [4.78, 5) is 61.7. The van der Waals surface area contributed by atoms with Crippen molar-refractivity contribution >= 4 is 44.9 Å². The molecule has 1 saturated heterocycles. The maximum Gasteiger partial charge on any atom is 0.408 e. The maximum atomic E-state index is 14.5. The van der Waals surface area contributed by atoms with Crippen molar-refractivity contribution in [2.45, 2.75) is 115 Å². The van der Waals surface area contributed by atoms with Crippen LogP contribution in [0.25, 0.3) is 11.0 Å². The fourth-order valence-electron chi connectivity index (χ4n) is 7.20. The second-order valence-corrected chi connectivity index (χ2v) is 17.4. The molecule has 0 bridgehead atoms. The van der Waals surface area contributed by atoms with Crippen molar-refractivity contribution in [3.05, 3.63) is 36.4 Å². The molecule has 6 rings (SSSR count). The molecule has 0 spiro atoms. The molecule has 5 atom stereocenters. The van der Waals surface area contributed by atoms with Gasteiger partial charge in [-0.05, 0) is 77.3 Å². The minimum atomic E-state index is -4.11. The van der Waals surface area contributed by atoms with Gasteiger partial charge in [-0.15, -0.1) is 0 Å². The van der Waals surface area contributed by atoms with Crippen molar-refractivity contribution in [2.24, 2.45) is 11.3 Å². The fraction of sp³-hybridized carbons (Fsp3) is 0.639. The van der Waals surface area contributed by atoms with E-state index in [0.717, 1.165) is 47.4 Å². The first kappa shape index (κ1) is 36.8. The normalized spacial score (nSPS) is 28.3. The summed E-state index contributed by atoms with van der Waals surface area (Å²) in [6.45, 7) is 5.29. The third kappa shape index (κ3) is 8.24. The molecule has 2 aliphatic carbocycles. The van der Waals surface area contributed by atoms with Crippen molar-refractivity contribution in [3.8, 4) is 6.01 Å². The second kappa shape index (κ2) is 14.2. The third-order valence-electron chi connectivity index (χ3n) is 10.2. The van der Waals surface area contributed by atoms with Gasteiger partial charge in [0.05, 0.1) is 29.0 Å². The Bertz CT molecular complexity index is 1810. The number of imidazole rings is 1. The molecule has 1 aromatic heterocycles. The second-order valence-electron chi connectivity index (χ2n) is 15.6. The fourth-order valence-corrected chi connectivity index (χ4v) is 7.82. The number of aromatic nitrogens is 2. The zero-order chi connectivity index (χ0) is 36.7. The van der Waals surface area contributed by atoms with Crippen molar-refractivity contribution in [1.82, 2.24) is 28.8 Å². The summed E-state index contributed by atoms with van der Waals surface area (Å²) in [6.07, 6.45) is 8.04. The minimum Gasteiger partial charge on any atom is -0.459 e. The summed E-state index contributed by atoms with van der Waals surface area (Å²) in [7, 11) is -1.47. The van der Waals surface area contributed by atoms with Crippen LogP contribution in [-0.4, -0.2) is 95.3 Å². The monoisotopic (exact) mass is 726 g/mol. The first-order chi connectivity index (χ1) is 24.1. The average molecular weight is 727 g/mol. The largest absolute Gasteiger partial charge is 0.459 e. The number of fused-ring (bicyclic) bond motifs is 3. The maximum absolute atomic E-state index is 14.5. The summed E-state index contributed by atoms with van der Waals surface area (Å²) in [5.41, 5.74) is -0.328. The molecule has 14 nitrogen and oxygen atoms in total. The van der Waals surface area contributed by atoms with Gasteiger partial charge in [-0.2, -0.15) is 17.7 Å². The molecule has 2 N–H and O–H groups in total. The number of nitrogens with zero attached hydrogens (tertiary/aromatic N) is 4. The minimum absolute atomic E-state index is 0.0626. The Labute approximate surface area is 299 Å². The number of carbonyl (C=O) groups is 4. The van der Waals surface area contributed by atoms with E-state index in [0.29, 0.717) is 25.3 Å². The summed E-state index contributed by atoms with van der Waals surface area (Å²) in [5, 5.41) is 2.77. The van der Waals surface area contributed by atoms with Crippen LogP contribution in [0.3, 0.4) is 0 Å². The third-order valence-corrected chi connectivity index (χ3v) is 11.6. The first-order valence-electron chi connectivity index (χ1n) is 18.0. The number of benzene rings is 1. The number of rotatable bonds is 7. The van der Waals surface area contributed by atoms with Crippen LogP contribution in [0.5, 0.6) is 6.01 Å². The Kier molecular flexibility index (Phi) is 10.3. The van der Waals surface area contributed by atoms with Gasteiger partial charge < -0.3 is 19.7 Å². The molecular formula is C36H50N6O8S. The van der Waals surface area contributed by atoms with Crippen LogP contribution in [0.2, 0.25) is 0 Å². The highest BCUT2D eigenvalue weighted by atomic mass is 32.2. The number of ether oxygens (including phenoxy) is 2. The molecular weight excluding hydrogens is 676 g/mol. The zero-order valence-corrected chi connectivity index (χ0v) is 30.9. The molecule has 3 heterocycles. The van der Waals surface area contributed by atoms with Gasteiger partial charge in [-0.3, -0.25) is 19.0 Å². The van der Waals surface area contributed by atoms with Crippen molar-refractivity contribution in [3.63, 3.8) is 0 Å². The number of amides is 3. The molecule has 3 fully saturated rings. The molecule has 51 heavy (non-hydrogen) atoms. The van der Waals surface area contributed by atoms with Gasteiger partial charge in [0.1, 0.15) is 17.7 Å². The van der Waals surface area contributed by atoms with E-state index in [9.17, 15) is 27.6 Å². The Hall–Kier alpha value is -3.98. The summed E-state index contributed by atoms with van der Waals surface area (Å²) in [5.74, 6) is -1.88. The molecule has 0 radical (unpaired) electrons. The van der Waals surface area contributed by atoms with Gasteiger partial charge in [0.2, 0.25) is 11.8 Å². The SMILES string of the molecule is CN(C)S(=O)(=O)NC(=O)[C@]12CC(=O)[C@@H]3C[C@@H](Oc4nc5ccccc5n4C4CC4)CN3C(=O)[C@@H](NC(=O)OC(C)(C)C)CCCCC/C=C\[C@@H]1C2. The quantitative estimate of drug-likeness (QED) is 0.401. The highest BCUT2D eigenvalue weighted by Crippen LogP contribution is 2.57. The van der Waals surface area contributed by atoms with Gasteiger partial charge in [0.15, 0.2) is 5.78 Å². The summed E-state index contributed by atoms with van der Waals surface area (Å²) >= 11 is 0. The van der Waals surface area contributed by atoms with Crippen molar-refractivity contribution < 1.29 is 37.1 Å². The number of alkyl carbamates (subject to hydrolysis) is 1. The number of Topliss-reactive ketones (excluding diaryl/α,β-unsaturated/α-hetero) is 1. The molecule has 15 heteroatoms. The van der Waals surface area contributed by atoms with E-state index < -0.39 is 57.3 Å². The van der Waals surface area contributed by atoms with E-state index in [1.54, 1.807) is 20.8 Å². The van der Waals surface area contributed by atoms with Crippen LogP contribution in [0.1, 0.15) is 91.0 Å². The van der Waals surface area contributed by atoms with Crippen molar-refractivity contribution in [1.29, 1.82) is 0 Å². The molecule has 2 aromatic rings. The predicted octanol–water partition coefficient (Wildman–Crippen LogP) is 4.02. The Morgan fingerprint density at radius 3 is 2.51 bits per heavy atom. The van der Waals surface area contributed by atoms with E-state index in [4.69, 9.17) is 14.5 Å². The number of para-hydroxylation sites is 2. The number of hydrogen-bond acceptors (Lipinski definition) is 9. The molecule has 2 saturated carbocycles. The van der Waals surface area contributed by atoms with Gasteiger partial charge in [-0.25, -0.2) is 9.52 Å². The molecule has 2 aliphatic heterocycles. The highest BCUT2D eigenvalue weighted by Gasteiger charge is 2.61. The summed E-state index contributed by atoms with van der Waals surface area (Å²) < 4.78 is 42.6. The average Bonchev–Trinajstić information content (AvgIpc) is 3.93. The van der Waals surface area contributed by atoms with Crippen molar-refractivity contribution in [2.75, 3.05) is 20.6 Å². The molecule has 3 amide bonds. The predicted molar refractivity (Wildman–Crippen MR) is 189 cm³/mol. The van der Waals surface area contributed by atoms with Crippen LogP contribution in [0.15, 0.2) is 36.4 Å². The van der Waals surface area contributed by atoms with Crippen LogP contribution in [0.4, 0.5) is 4.79 Å². The van der Waals surface area contributed by atoms with E-state index in [1.165, 1.54) is 19.0 Å². The van der Waals surface area contributed by atoms with Crippen LogP contribution in [-0.2, 0) is 29.3 Å². The molecule has 1 aromatic carbocycles. The molecule has 278 valence electrons. The lowest BCUT2D eigenvalue weighted by Crippen LogP contribution is -2.53. The van der Waals surface area contributed by atoms with Crippen LogP contribution < -0.4 is 14.8 Å². The Balaban J connectivity index is 1.32. The van der Waals surface area contributed by atoms with Crippen LogP contribution in [0, 0.1) is 11.3 Å². The van der Waals surface area contributed by atoms with E-state index in [2.05, 4.69) is 14.6 Å². The number of ketones is 1. The van der Waals surface area contributed by atoms with E-state index in [-0.39, 0.29) is 37.1 Å². The van der Waals surface area contributed by atoms with Crippen LogP contribution >= 0.6 is 0 Å². The van der Waals surface area contributed by atoms with Gasteiger partial charge >= 0.3 is 16.3 Å². The lowest BCUT2D eigenvalue weighted by molar-refractivity contribution is -0.140. The van der Waals surface area contributed by atoms with Gasteiger partial charge in [0.25, 0.3) is 6.01 Å². The number of nitrogens with one attached hydrogen (secondary N) is 2. The number of carbonyl (C=O) groups excluding carboxylic acids is 4.